The van der Waals surface area contributed by atoms with Gasteiger partial charge >= 0.3 is 8.80 Å². The highest BCUT2D eigenvalue weighted by Gasteiger charge is 2.36. The Morgan fingerprint density at radius 1 is 0.833 bits per heavy atom. The molecule has 0 rings (SSSR count). The number of nitrogens with two attached hydrogens (primary N) is 3. The molecule has 8 N–H and O–H groups in total. The molecule has 9 nitrogen and oxygen atoms in total. The summed E-state index contributed by atoms with van der Waals surface area (Å²) < 4.78 is 21.8. The lowest BCUT2D eigenvalue weighted by molar-refractivity contribution is 0.123. The van der Waals surface area contributed by atoms with Crippen LogP contribution in [-0.4, -0.2) is 90.9 Å². The van der Waals surface area contributed by atoms with Crippen molar-refractivity contribution in [2.45, 2.75) is 44.9 Å². The van der Waals surface area contributed by atoms with E-state index in [4.69, 9.17) is 34.9 Å². The molecule has 0 aliphatic carbocycles. The van der Waals surface area contributed by atoms with Gasteiger partial charge in [0.15, 0.2) is 8.32 Å². The van der Waals surface area contributed by atoms with E-state index < -0.39 is 17.1 Å². The zero-order valence-corrected chi connectivity index (χ0v) is 22.4. The maximum absolute atomic E-state index is 5.75. The van der Waals surface area contributed by atoms with Crippen molar-refractivity contribution in [2.75, 3.05) is 73.7 Å². The topological polar surface area (TPSA) is 139 Å². The summed E-state index contributed by atoms with van der Waals surface area (Å²) in [6, 6.07) is 1.97. The molecule has 184 valence electrons. The van der Waals surface area contributed by atoms with E-state index >= 15 is 0 Å². The summed E-state index contributed by atoms with van der Waals surface area (Å²) in [5, 5.41) is 6.56. The van der Waals surface area contributed by atoms with Crippen LogP contribution in [0.1, 0.15) is 19.8 Å². The standard InChI is InChI=1S/C10H27N3O3Si.C9H24N2OSi/c1-14-17(15-2,16-3)10-4-6-12-8-9-13-7-5-11;1-4-12-13(2,3)8-9(7-11)5-6-10/h12-13H,4-11H2,1-3H3;9H,4-8,10-11H2,1-3H3. The van der Waals surface area contributed by atoms with E-state index in [2.05, 4.69) is 30.7 Å². The van der Waals surface area contributed by atoms with Crippen molar-refractivity contribution < 1.29 is 17.7 Å². The fourth-order valence-corrected chi connectivity index (χ4v) is 7.58. The minimum absolute atomic E-state index is 0.554. The average Bonchev–Trinajstić information content (AvgIpc) is 2.73. The molecule has 11 heteroatoms. The number of nitrogens with one attached hydrogen (secondary N) is 2. The maximum Gasteiger partial charge on any atom is 0.500 e. The molecule has 1 unspecified atom stereocenters. The van der Waals surface area contributed by atoms with Crippen LogP contribution in [0.25, 0.3) is 0 Å². The second-order valence-corrected chi connectivity index (χ2v) is 15.1. The molecule has 0 saturated heterocycles. The third-order valence-corrected chi connectivity index (χ3v) is 10.3. The first kappa shape index (κ1) is 32.3. The van der Waals surface area contributed by atoms with Gasteiger partial charge in [0.05, 0.1) is 0 Å². The van der Waals surface area contributed by atoms with Crippen LogP contribution in [0.15, 0.2) is 0 Å². The number of hydrogen-bond acceptors (Lipinski definition) is 9. The van der Waals surface area contributed by atoms with E-state index in [-0.39, 0.29) is 0 Å². The molecule has 0 spiro atoms. The van der Waals surface area contributed by atoms with Crippen molar-refractivity contribution in [3.8, 4) is 0 Å². The summed E-state index contributed by atoms with van der Waals surface area (Å²) in [4.78, 5) is 0. The monoisotopic (exact) mass is 469 g/mol. The molecule has 0 bridgehead atoms. The summed E-state index contributed by atoms with van der Waals surface area (Å²) in [5.41, 5.74) is 16.6. The molecule has 0 saturated carbocycles. The van der Waals surface area contributed by atoms with Gasteiger partial charge in [0.1, 0.15) is 0 Å². The van der Waals surface area contributed by atoms with E-state index in [1.54, 1.807) is 21.3 Å². The highest BCUT2D eigenvalue weighted by Crippen LogP contribution is 2.19. The summed E-state index contributed by atoms with van der Waals surface area (Å²) >= 11 is 0. The molecule has 0 radical (unpaired) electrons. The van der Waals surface area contributed by atoms with Gasteiger partial charge in [0, 0.05) is 60.2 Å². The molecule has 0 aromatic carbocycles. The van der Waals surface area contributed by atoms with E-state index in [0.29, 0.717) is 12.5 Å². The van der Waals surface area contributed by atoms with Gasteiger partial charge in [-0.3, -0.25) is 0 Å². The van der Waals surface area contributed by atoms with Crippen LogP contribution in [0.2, 0.25) is 25.2 Å². The van der Waals surface area contributed by atoms with Crippen LogP contribution in [0, 0.1) is 5.92 Å². The molecule has 0 aliphatic heterocycles. The summed E-state index contributed by atoms with van der Waals surface area (Å²) in [6.07, 6.45) is 2.01. The third-order valence-electron chi connectivity index (χ3n) is 4.79. The van der Waals surface area contributed by atoms with Crippen LogP contribution in [0.4, 0.5) is 0 Å². The van der Waals surface area contributed by atoms with Gasteiger partial charge < -0.3 is 45.5 Å². The molecule has 0 amide bonds. The zero-order valence-electron chi connectivity index (χ0n) is 20.4. The largest absolute Gasteiger partial charge is 0.500 e. The Hall–Kier alpha value is 0.0738. The predicted molar refractivity (Wildman–Crippen MR) is 131 cm³/mol. The molecule has 0 heterocycles. The second kappa shape index (κ2) is 20.9. The Kier molecular flexibility index (Phi) is 22.5. The number of rotatable bonds is 19. The Morgan fingerprint density at radius 2 is 1.40 bits per heavy atom. The summed E-state index contributed by atoms with van der Waals surface area (Å²) in [5.74, 6) is 0.554. The SMILES string of the molecule is CCO[Si](C)(C)CC(CN)CCN.CO[Si](CCCNCCNCCN)(OC)OC. The zero-order chi connectivity index (χ0) is 23.3. The van der Waals surface area contributed by atoms with Gasteiger partial charge in [-0.15, -0.1) is 0 Å². The minimum Gasteiger partial charge on any atom is -0.418 e. The lowest BCUT2D eigenvalue weighted by Crippen LogP contribution is -2.43. The van der Waals surface area contributed by atoms with Gasteiger partial charge in [-0.2, -0.15) is 0 Å². The van der Waals surface area contributed by atoms with Crippen LogP contribution in [-0.2, 0) is 17.7 Å². The van der Waals surface area contributed by atoms with E-state index in [1.165, 1.54) is 0 Å². The van der Waals surface area contributed by atoms with E-state index in [9.17, 15) is 0 Å². The van der Waals surface area contributed by atoms with Crippen molar-refractivity contribution in [1.82, 2.24) is 10.6 Å². The molecule has 0 aromatic rings. The molecule has 0 aliphatic rings. The van der Waals surface area contributed by atoms with Crippen molar-refractivity contribution in [3.63, 3.8) is 0 Å². The molecular formula is C19H51N5O4Si2. The lowest BCUT2D eigenvalue weighted by Gasteiger charge is -2.26. The normalized spacial score (nSPS) is 13.1. The summed E-state index contributed by atoms with van der Waals surface area (Å²) in [7, 11) is 1.10. The van der Waals surface area contributed by atoms with Crippen molar-refractivity contribution in [2.24, 2.45) is 23.1 Å². The fraction of sp³-hybridized carbons (Fsp3) is 1.00. The highest BCUT2D eigenvalue weighted by molar-refractivity contribution is 6.71. The van der Waals surface area contributed by atoms with Gasteiger partial charge in [0.25, 0.3) is 0 Å². The van der Waals surface area contributed by atoms with Crippen LogP contribution >= 0.6 is 0 Å². The highest BCUT2D eigenvalue weighted by atomic mass is 28.4. The second-order valence-electron chi connectivity index (χ2n) is 7.76. The minimum atomic E-state index is -2.37. The van der Waals surface area contributed by atoms with Crippen LogP contribution in [0.5, 0.6) is 0 Å². The Morgan fingerprint density at radius 3 is 1.83 bits per heavy atom. The van der Waals surface area contributed by atoms with Crippen molar-refractivity contribution >= 4 is 17.1 Å². The Labute approximate surface area is 187 Å². The fourth-order valence-electron chi connectivity index (χ4n) is 3.20. The lowest BCUT2D eigenvalue weighted by atomic mass is 10.1. The van der Waals surface area contributed by atoms with E-state index in [1.807, 2.05) is 0 Å². The molecule has 1 atom stereocenters. The maximum atomic E-state index is 5.75. The van der Waals surface area contributed by atoms with Crippen LogP contribution in [0.3, 0.4) is 0 Å². The quantitative estimate of drug-likeness (QED) is 0.135. The number of hydrogen-bond donors (Lipinski definition) is 5. The van der Waals surface area contributed by atoms with Gasteiger partial charge in [-0.05, 0) is 64.5 Å². The van der Waals surface area contributed by atoms with Gasteiger partial charge in [-0.1, -0.05) is 0 Å². The first-order valence-corrected chi connectivity index (χ1v) is 16.2. The van der Waals surface area contributed by atoms with Crippen LogP contribution < -0.4 is 27.8 Å². The Balaban J connectivity index is 0. The van der Waals surface area contributed by atoms with E-state index in [0.717, 1.165) is 70.8 Å². The molecule has 30 heavy (non-hydrogen) atoms. The summed E-state index contributed by atoms with van der Waals surface area (Å²) in [6.45, 7) is 13.2. The Bertz CT molecular complexity index is 360. The first-order valence-electron chi connectivity index (χ1n) is 11.1. The van der Waals surface area contributed by atoms with Crippen molar-refractivity contribution in [3.05, 3.63) is 0 Å². The molecular weight excluding hydrogens is 418 g/mol. The molecule has 0 aromatic heterocycles. The first-order chi connectivity index (χ1) is 14.3. The smallest absolute Gasteiger partial charge is 0.418 e. The third kappa shape index (κ3) is 17.7. The van der Waals surface area contributed by atoms with Crippen molar-refractivity contribution in [1.29, 1.82) is 0 Å². The molecule has 0 fully saturated rings. The van der Waals surface area contributed by atoms with Gasteiger partial charge in [-0.25, -0.2) is 0 Å². The predicted octanol–water partition coefficient (Wildman–Crippen LogP) is 0.544. The average molecular weight is 470 g/mol. The van der Waals surface area contributed by atoms with Gasteiger partial charge in [0.2, 0.25) is 0 Å².